The summed E-state index contributed by atoms with van der Waals surface area (Å²) in [7, 11) is 0. The Balaban J connectivity index is 1.50. The van der Waals surface area contributed by atoms with Crippen molar-refractivity contribution in [2.75, 3.05) is 19.8 Å². The van der Waals surface area contributed by atoms with Gasteiger partial charge in [-0.2, -0.15) is 5.26 Å². The lowest BCUT2D eigenvalue weighted by Crippen LogP contribution is -2.46. The first-order valence-corrected chi connectivity index (χ1v) is 12.5. The molecule has 3 aromatic rings. The van der Waals surface area contributed by atoms with Crippen molar-refractivity contribution in [1.82, 2.24) is 5.32 Å². The van der Waals surface area contributed by atoms with E-state index in [0.717, 1.165) is 12.0 Å². The highest BCUT2D eigenvalue weighted by Gasteiger charge is 2.20. The van der Waals surface area contributed by atoms with E-state index in [1.165, 1.54) is 16.3 Å². The van der Waals surface area contributed by atoms with E-state index in [4.69, 9.17) is 9.47 Å². The summed E-state index contributed by atoms with van der Waals surface area (Å²) < 4.78 is 10.8. The Bertz CT molecular complexity index is 1200. The van der Waals surface area contributed by atoms with Crippen LogP contribution in [0.1, 0.15) is 50.3 Å². The molecule has 0 fully saturated rings. The van der Waals surface area contributed by atoms with Crippen LogP contribution in [0.25, 0.3) is 10.8 Å². The molecule has 0 radical (unpaired) electrons. The first-order valence-electron chi connectivity index (χ1n) is 12.5. The van der Waals surface area contributed by atoms with Gasteiger partial charge >= 0.3 is 5.97 Å². The van der Waals surface area contributed by atoms with Crippen LogP contribution in [0.2, 0.25) is 0 Å². The van der Waals surface area contributed by atoms with Crippen molar-refractivity contribution in [3.05, 3.63) is 77.4 Å². The van der Waals surface area contributed by atoms with Crippen LogP contribution in [0.4, 0.5) is 0 Å². The molecule has 0 spiro atoms. The summed E-state index contributed by atoms with van der Waals surface area (Å²) in [6.45, 7) is 6.81. The second-order valence-corrected chi connectivity index (χ2v) is 9.65. The normalized spacial score (nSPS) is 12.2. The third-order valence-electron chi connectivity index (χ3n) is 6.06. The predicted molar refractivity (Wildman–Crippen MR) is 142 cm³/mol. The van der Waals surface area contributed by atoms with Gasteiger partial charge in [0.1, 0.15) is 24.5 Å². The molecule has 3 aromatic carbocycles. The van der Waals surface area contributed by atoms with Crippen LogP contribution in [0.15, 0.2) is 60.7 Å². The average Bonchev–Trinajstić information content (AvgIpc) is 2.86. The number of fused-ring (bicyclic) bond motifs is 1. The fraction of sp³-hybridized carbons (Fsp3) is 0.400. The topological polar surface area (TPSA) is 91.6 Å². The number of ether oxygens (including phenoxy) is 2. The van der Waals surface area contributed by atoms with Gasteiger partial charge in [0, 0.05) is 18.5 Å². The van der Waals surface area contributed by atoms with Crippen LogP contribution in [0.3, 0.4) is 0 Å². The van der Waals surface area contributed by atoms with E-state index in [9.17, 15) is 15.2 Å². The molecular formula is C30H36N2O4. The number of hydrogen-bond donors (Lipinski definition) is 2. The fourth-order valence-electron chi connectivity index (χ4n) is 4.25. The summed E-state index contributed by atoms with van der Waals surface area (Å²) >= 11 is 0. The number of nitrogens with one attached hydrogen (secondary N) is 1. The number of carbonyl (C=O) groups is 1. The van der Waals surface area contributed by atoms with E-state index in [1.54, 1.807) is 13.0 Å². The Morgan fingerprint density at radius 3 is 2.64 bits per heavy atom. The molecule has 0 aromatic heterocycles. The van der Waals surface area contributed by atoms with E-state index in [-0.39, 0.29) is 18.1 Å². The zero-order valence-corrected chi connectivity index (χ0v) is 21.4. The van der Waals surface area contributed by atoms with Gasteiger partial charge in [-0.05, 0) is 68.0 Å². The number of aryl methyl sites for hydroxylation is 1. The molecule has 0 heterocycles. The second-order valence-electron chi connectivity index (χ2n) is 9.65. The maximum Gasteiger partial charge on any atom is 0.305 e. The molecule has 2 N–H and O–H groups in total. The third kappa shape index (κ3) is 8.08. The van der Waals surface area contributed by atoms with Gasteiger partial charge in [0.15, 0.2) is 0 Å². The summed E-state index contributed by atoms with van der Waals surface area (Å²) in [5, 5.41) is 26.1. The number of esters is 1. The molecule has 0 aliphatic heterocycles. The van der Waals surface area contributed by atoms with Crippen molar-refractivity contribution < 1.29 is 19.4 Å². The highest BCUT2D eigenvalue weighted by atomic mass is 16.5. The Kier molecular flexibility index (Phi) is 9.86. The SMILES string of the molecule is CCOC(=O)CCCc1cccc(OC[C@@H](O)CNC(C)(C)Cc2ccc3ccccc3c2)c1C#N. The Morgan fingerprint density at radius 2 is 1.89 bits per heavy atom. The molecule has 0 aliphatic carbocycles. The van der Waals surface area contributed by atoms with Gasteiger partial charge < -0.3 is 19.9 Å². The smallest absolute Gasteiger partial charge is 0.305 e. The molecule has 0 unspecified atom stereocenters. The number of nitrogens with zero attached hydrogens (tertiary/aromatic N) is 1. The molecule has 6 nitrogen and oxygen atoms in total. The summed E-state index contributed by atoms with van der Waals surface area (Å²) in [4.78, 5) is 11.6. The molecule has 3 rings (SSSR count). The van der Waals surface area contributed by atoms with Crippen molar-refractivity contribution in [3.8, 4) is 11.8 Å². The lowest BCUT2D eigenvalue weighted by molar-refractivity contribution is -0.143. The Morgan fingerprint density at radius 1 is 1.11 bits per heavy atom. The van der Waals surface area contributed by atoms with Crippen LogP contribution >= 0.6 is 0 Å². The van der Waals surface area contributed by atoms with Gasteiger partial charge in [0.05, 0.1) is 12.2 Å². The van der Waals surface area contributed by atoms with Crippen LogP contribution in [-0.2, 0) is 22.4 Å². The first kappa shape index (κ1) is 27.2. The van der Waals surface area contributed by atoms with E-state index in [1.807, 2.05) is 24.3 Å². The summed E-state index contributed by atoms with van der Waals surface area (Å²) in [5.74, 6) is 0.211. The van der Waals surface area contributed by atoms with Crippen molar-refractivity contribution in [2.45, 2.75) is 58.1 Å². The molecule has 0 saturated heterocycles. The van der Waals surface area contributed by atoms with E-state index < -0.39 is 6.10 Å². The zero-order chi connectivity index (χ0) is 26.0. The zero-order valence-electron chi connectivity index (χ0n) is 21.4. The predicted octanol–water partition coefficient (Wildman–Crippen LogP) is 4.95. The van der Waals surface area contributed by atoms with E-state index in [2.05, 4.69) is 55.6 Å². The quantitative estimate of drug-likeness (QED) is 0.331. The minimum atomic E-state index is -0.736. The highest BCUT2D eigenvalue weighted by molar-refractivity contribution is 5.83. The van der Waals surface area contributed by atoms with Gasteiger partial charge in [-0.3, -0.25) is 4.79 Å². The highest BCUT2D eigenvalue weighted by Crippen LogP contribution is 2.24. The largest absolute Gasteiger partial charge is 0.489 e. The number of benzene rings is 3. The maximum atomic E-state index is 11.6. The van der Waals surface area contributed by atoms with Crippen molar-refractivity contribution in [1.29, 1.82) is 5.26 Å². The third-order valence-corrected chi connectivity index (χ3v) is 6.06. The van der Waals surface area contributed by atoms with Gasteiger partial charge in [0.2, 0.25) is 0 Å². The number of carbonyl (C=O) groups excluding carboxylic acids is 1. The van der Waals surface area contributed by atoms with Crippen LogP contribution in [0.5, 0.6) is 5.75 Å². The maximum absolute atomic E-state index is 11.6. The van der Waals surface area contributed by atoms with Crippen LogP contribution in [-0.4, -0.2) is 42.5 Å². The molecule has 0 bridgehead atoms. The Labute approximate surface area is 213 Å². The molecule has 0 amide bonds. The van der Waals surface area contributed by atoms with Gasteiger partial charge in [-0.15, -0.1) is 0 Å². The van der Waals surface area contributed by atoms with E-state index >= 15 is 0 Å². The molecule has 0 saturated carbocycles. The molecule has 190 valence electrons. The van der Waals surface area contributed by atoms with Crippen molar-refractivity contribution in [2.24, 2.45) is 0 Å². The average molecular weight is 489 g/mol. The molecular weight excluding hydrogens is 452 g/mol. The number of aliphatic hydroxyl groups is 1. The minimum absolute atomic E-state index is 0.0695. The monoisotopic (exact) mass is 488 g/mol. The van der Waals surface area contributed by atoms with Crippen molar-refractivity contribution in [3.63, 3.8) is 0 Å². The van der Waals surface area contributed by atoms with E-state index in [0.29, 0.717) is 43.7 Å². The van der Waals surface area contributed by atoms with Gasteiger partial charge in [0.25, 0.3) is 0 Å². The number of β-amino-alcohol motifs (C(OH)–C–C–N with tert-alkyl or cyclic N) is 1. The van der Waals surface area contributed by atoms with Crippen LogP contribution < -0.4 is 10.1 Å². The fourth-order valence-corrected chi connectivity index (χ4v) is 4.25. The standard InChI is InChI=1S/C30H36N2O4/c1-4-35-29(34)14-8-12-24-11-7-13-28(27(24)19-31)36-21-26(33)20-32-30(2,3)18-22-15-16-23-9-5-6-10-25(23)17-22/h5-7,9-11,13,15-17,26,32-33H,4,8,12,14,18,20-21H2,1-3H3/t26-/m0/s1. The van der Waals surface area contributed by atoms with Crippen LogP contribution in [0, 0.1) is 11.3 Å². The Hall–Kier alpha value is -3.40. The lowest BCUT2D eigenvalue weighted by atomic mass is 9.93. The molecule has 36 heavy (non-hydrogen) atoms. The molecule has 1 atom stereocenters. The van der Waals surface area contributed by atoms with Gasteiger partial charge in [-0.25, -0.2) is 0 Å². The number of rotatable bonds is 13. The molecule has 6 heteroatoms. The van der Waals surface area contributed by atoms with Crippen molar-refractivity contribution >= 4 is 16.7 Å². The first-order chi connectivity index (χ1) is 17.3. The summed E-state index contributed by atoms with van der Waals surface area (Å²) in [5.41, 5.74) is 2.28. The molecule has 0 aliphatic rings. The minimum Gasteiger partial charge on any atom is -0.489 e. The number of aliphatic hydroxyl groups excluding tert-OH is 1. The second kappa shape index (κ2) is 13.1. The number of nitriles is 1. The summed E-state index contributed by atoms with van der Waals surface area (Å²) in [6, 6.07) is 22.4. The number of hydrogen-bond acceptors (Lipinski definition) is 6. The van der Waals surface area contributed by atoms with Gasteiger partial charge in [-0.1, -0.05) is 54.6 Å². The lowest BCUT2D eigenvalue weighted by Gasteiger charge is -2.28. The summed E-state index contributed by atoms with van der Waals surface area (Å²) in [6.07, 6.45) is 1.56.